The highest BCUT2D eigenvalue weighted by Gasteiger charge is 2.46. The first-order valence-corrected chi connectivity index (χ1v) is 10.1. The van der Waals surface area contributed by atoms with Crippen molar-refractivity contribution < 1.29 is 23.9 Å². The predicted molar refractivity (Wildman–Crippen MR) is 106 cm³/mol. The van der Waals surface area contributed by atoms with E-state index in [0.717, 1.165) is 4.90 Å². The van der Waals surface area contributed by atoms with E-state index in [9.17, 15) is 19.2 Å². The van der Waals surface area contributed by atoms with Crippen LogP contribution in [-0.2, 0) is 20.9 Å². The summed E-state index contributed by atoms with van der Waals surface area (Å²) in [5.74, 6) is -1.99. The molecule has 1 aromatic rings. The van der Waals surface area contributed by atoms with Crippen LogP contribution in [0.1, 0.15) is 53.0 Å². The zero-order chi connectivity index (χ0) is 21.6. The van der Waals surface area contributed by atoms with Crippen LogP contribution in [0.15, 0.2) is 18.2 Å². The van der Waals surface area contributed by atoms with E-state index < -0.39 is 29.7 Å². The molecule has 9 heteroatoms. The Hall–Kier alpha value is -2.62. The molecule has 0 bridgehead atoms. The van der Waals surface area contributed by atoms with Crippen molar-refractivity contribution in [3.05, 3.63) is 34.9 Å². The average molecular weight is 414 g/mol. The number of amides is 4. The Morgan fingerprint density at radius 2 is 1.97 bits per heavy atom. The molecule has 2 fully saturated rings. The van der Waals surface area contributed by atoms with Crippen molar-refractivity contribution in [3.63, 3.8) is 0 Å². The normalized spacial score (nSPS) is 26.7. The summed E-state index contributed by atoms with van der Waals surface area (Å²) < 4.78 is 5.68. The molecule has 0 aliphatic carbocycles. The van der Waals surface area contributed by atoms with Gasteiger partial charge in [0.1, 0.15) is 6.04 Å². The van der Waals surface area contributed by atoms with Crippen LogP contribution < -0.4 is 11.1 Å². The van der Waals surface area contributed by atoms with Crippen LogP contribution >= 0.6 is 0 Å². The molecule has 1 aromatic carbocycles. The number of benzene rings is 1. The van der Waals surface area contributed by atoms with Crippen LogP contribution in [0.4, 0.5) is 0 Å². The zero-order valence-corrected chi connectivity index (χ0v) is 17.1. The van der Waals surface area contributed by atoms with Crippen molar-refractivity contribution in [1.82, 2.24) is 15.1 Å². The molecule has 4 rings (SSSR count). The summed E-state index contributed by atoms with van der Waals surface area (Å²) in [5.41, 5.74) is 6.99. The molecule has 4 amide bonds. The van der Waals surface area contributed by atoms with Gasteiger partial charge < -0.3 is 10.5 Å². The summed E-state index contributed by atoms with van der Waals surface area (Å²) in [6, 6.07) is 4.20. The van der Waals surface area contributed by atoms with Crippen molar-refractivity contribution in [2.24, 2.45) is 5.73 Å². The van der Waals surface area contributed by atoms with E-state index in [1.807, 2.05) is 6.07 Å². The van der Waals surface area contributed by atoms with E-state index >= 15 is 0 Å². The smallest absolute Gasteiger partial charge is 0.262 e. The van der Waals surface area contributed by atoms with Crippen LogP contribution in [0.2, 0.25) is 0 Å². The molecule has 3 N–H and O–H groups in total. The van der Waals surface area contributed by atoms with Crippen molar-refractivity contribution in [1.29, 1.82) is 0 Å². The Kier molecular flexibility index (Phi) is 5.21. The van der Waals surface area contributed by atoms with Crippen LogP contribution in [0.25, 0.3) is 0 Å². The van der Waals surface area contributed by atoms with E-state index in [1.54, 1.807) is 12.1 Å². The third-order valence-corrected chi connectivity index (χ3v) is 6.15. The highest BCUT2D eigenvalue weighted by atomic mass is 16.5. The van der Waals surface area contributed by atoms with Crippen molar-refractivity contribution >= 4 is 23.6 Å². The van der Waals surface area contributed by atoms with Gasteiger partial charge in [0.05, 0.1) is 24.3 Å². The molecule has 0 aromatic heterocycles. The lowest BCUT2D eigenvalue weighted by molar-refractivity contribution is -0.136. The van der Waals surface area contributed by atoms with E-state index in [1.165, 1.54) is 0 Å². The first-order valence-electron chi connectivity index (χ1n) is 10.1. The molecule has 2 unspecified atom stereocenters. The highest BCUT2D eigenvalue weighted by Crippen LogP contribution is 2.33. The second-order valence-corrected chi connectivity index (χ2v) is 8.63. The molecular formula is C21H26N4O5. The predicted octanol–water partition coefficient (Wildman–Crippen LogP) is 0.0259. The highest BCUT2D eigenvalue weighted by molar-refractivity contribution is 6.24. The van der Waals surface area contributed by atoms with Gasteiger partial charge in [0.2, 0.25) is 11.8 Å². The Morgan fingerprint density at radius 3 is 2.67 bits per heavy atom. The number of hydrogen-bond donors (Lipinski definition) is 2. The molecular weight excluding hydrogens is 388 g/mol. The molecule has 3 heterocycles. The van der Waals surface area contributed by atoms with E-state index in [2.05, 4.69) is 24.1 Å². The van der Waals surface area contributed by atoms with Crippen LogP contribution in [0.3, 0.4) is 0 Å². The SMILES string of the molecule is CC1(C)COCC(CN)N1Cc1cccc2c1C(=O)N(C1CCC(=O)NC1=O)C2=O. The lowest BCUT2D eigenvalue weighted by atomic mass is 9.95. The summed E-state index contributed by atoms with van der Waals surface area (Å²) >= 11 is 0. The second kappa shape index (κ2) is 7.57. The van der Waals surface area contributed by atoms with Gasteiger partial charge in [-0.05, 0) is 31.9 Å². The van der Waals surface area contributed by atoms with Gasteiger partial charge in [0.25, 0.3) is 11.8 Å². The van der Waals surface area contributed by atoms with Gasteiger partial charge in [-0.15, -0.1) is 0 Å². The molecule has 30 heavy (non-hydrogen) atoms. The third-order valence-electron chi connectivity index (χ3n) is 6.15. The molecule has 0 spiro atoms. The van der Waals surface area contributed by atoms with E-state index in [-0.39, 0.29) is 30.0 Å². The van der Waals surface area contributed by atoms with Gasteiger partial charge >= 0.3 is 0 Å². The summed E-state index contributed by atoms with van der Waals surface area (Å²) in [4.78, 5) is 53.3. The monoisotopic (exact) mass is 414 g/mol. The number of carbonyl (C=O) groups excluding carboxylic acids is 4. The number of ether oxygens (including phenoxy) is 1. The molecule has 3 aliphatic heterocycles. The molecule has 2 saturated heterocycles. The van der Waals surface area contributed by atoms with E-state index in [4.69, 9.17) is 10.5 Å². The second-order valence-electron chi connectivity index (χ2n) is 8.63. The number of fused-ring (bicyclic) bond motifs is 1. The first kappa shape index (κ1) is 20.6. The van der Waals surface area contributed by atoms with Gasteiger partial charge in [-0.2, -0.15) is 0 Å². The Bertz CT molecular complexity index is 928. The van der Waals surface area contributed by atoms with Gasteiger partial charge in [0, 0.05) is 31.1 Å². The first-order chi connectivity index (χ1) is 14.2. The Balaban J connectivity index is 1.67. The minimum absolute atomic E-state index is 0.0111. The van der Waals surface area contributed by atoms with Gasteiger partial charge in [-0.3, -0.25) is 34.3 Å². The van der Waals surface area contributed by atoms with Crippen LogP contribution in [0, 0.1) is 0 Å². The molecule has 3 aliphatic rings. The summed E-state index contributed by atoms with van der Waals surface area (Å²) in [6.07, 6.45) is 0.230. The summed E-state index contributed by atoms with van der Waals surface area (Å²) in [7, 11) is 0. The number of nitrogens with one attached hydrogen (secondary N) is 1. The lowest BCUT2D eigenvalue weighted by Gasteiger charge is -2.47. The van der Waals surface area contributed by atoms with Crippen molar-refractivity contribution in [3.8, 4) is 0 Å². The fourth-order valence-corrected chi connectivity index (χ4v) is 4.55. The minimum Gasteiger partial charge on any atom is -0.378 e. The third kappa shape index (κ3) is 3.32. The number of nitrogens with zero attached hydrogens (tertiary/aromatic N) is 2. The largest absolute Gasteiger partial charge is 0.378 e. The maximum absolute atomic E-state index is 13.3. The number of rotatable bonds is 4. The topological polar surface area (TPSA) is 122 Å². The maximum Gasteiger partial charge on any atom is 0.262 e. The molecule has 9 nitrogen and oxygen atoms in total. The summed E-state index contributed by atoms with van der Waals surface area (Å²) in [5, 5.41) is 2.22. The summed E-state index contributed by atoms with van der Waals surface area (Å²) in [6.45, 7) is 6.00. The lowest BCUT2D eigenvalue weighted by Crippen LogP contribution is -2.60. The average Bonchev–Trinajstić information content (AvgIpc) is 2.95. The van der Waals surface area contributed by atoms with Gasteiger partial charge in [-0.1, -0.05) is 12.1 Å². The maximum atomic E-state index is 13.3. The van der Waals surface area contributed by atoms with E-state index in [0.29, 0.717) is 37.4 Å². The molecule has 2 atom stereocenters. The number of carbonyl (C=O) groups is 4. The number of piperidine rings is 1. The molecule has 0 radical (unpaired) electrons. The Morgan fingerprint density at radius 1 is 1.20 bits per heavy atom. The van der Waals surface area contributed by atoms with Crippen LogP contribution in [-0.4, -0.2) is 70.8 Å². The molecule has 160 valence electrons. The molecule has 0 saturated carbocycles. The number of hydrogen-bond acceptors (Lipinski definition) is 7. The quantitative estimate of drug-likeness (QED) is 0.667. The minimum atomic E-state index is -0.973. The van der Waals surface area contributed by atoms with Crippen molar-refractivity contribution in [2.45, 2.75) is 50.9 Å². The zero-order valence-electron chi connectivity index (χ0n) is 17.1. The van der Waals surface area contributed by atoms with Crippen LogP contribution in [0.5, 0.6) is 0 Å². The Labute approximate surface area is 174 Å². The number of nitrogens with two attached hydrogens (primary N) is 1. The fourth-order valence-electron chi connectivity index (χ4n) is 4.55. The van der Waals surface area contributed by atoms with Gasteiger partial charge in [0.15, 0.2) is 0 Å². The van der Waals surface area contributed by atoms with Gasteiger partial charge in [-0.25, -0.2) is 0 Å². The number of morpholine rings is 1. The standard InChI is InChI=1S/C21H26N4O5/c1-21(2)11-30-10-13(8-22)24(21)9-12-4-3-5-14-17(12)20(29)25(19(14)28)15-6-7-16(26)23-18(15)27/h3-5,13,15H,6-11,22H2,1-2H3,(H,23,26,27). The number of imide groups is 2. The van der Waals surface area contributed by atoms with Crippen molar-refractivity contribution in [2.75, 3.05) is 19.8 Å². The fraction of sp³-hybridized carbons (Fsp3) is 0.524.